The molecule has 1 atom stereocenters. The van der Waals surface area contributed by atoms with Gasteiger partial charge in [0.05, 0.1) is 43.1 Å². The number of benzene rings is 2. The van der Waals surface area contributed by atoms with Gasteiger partial charge in [-0.05, 0) is 62.1 Å². The summed E-state index contributed by atoms with van der Waals surface area (Å²) in [4.78, 5) is 50.4. The van der Waals surface area contributed by atoms with Crippen molar-refractivity contribution in [2.75, 3.05) is 44.3 Å². The van der Waals surface area contributed by atoms with Crippen LogP contribution in [0.5, 0.6) is 0 Å². The molecule has 0 bridgehead atoms. The number of aromatic nitrogens is 2. The van der Waals surface area contributed by atoms with Crippen LogP contribution in [0.1, 0.15) is 60.9 Å². The maximum atomic E-state index is 13.6. The van der Waals surface area contributed by atoms with E-state index in [1.54, 1.807) is 58.2 Å². The molecule has 2 saturated heterocycles. The van der Waals surface area contributed by atoms with Gasteiger partial charge >= 0.3 is 12.3 Å². The van der Waals surface area contributed by atoms with Gasteiger partial charge in [0.1, 0.15) is 17.1 Å². The Balaban J connectivity index is 1.23. The van der Waals surface area contributed by atoms with Crippen LogP contribution in [0.2, 0.25) is 0 Å². The van der Waals surface area contributed by atoms with Gasteiger partial charge in [0, 0.05) is 32.7 Å². The minimum absolute atomic E-state index is 0.0413. The Bertz CT molecular complexity index is 1630. The topological polar surface area (TPSA) is 126 Å². The average molecular weight is 669 g/mol. The average Bonchev–Trinajstić information content (AvgIpc) is 3.02. The summed E-state index contributed by atoms with van der Waals surface area (Å²) in [7, 11) is 0. The van der Waals surface area contributed by atoms with Crippen molar-refractivity contribution in [3.05, 3.63) is 77.2 Å². The normalized spacial score (nSPS) is 16.1. The molecule has 11 nitrogen and oxygen atoms in total. The summed E-state index contributed by atoms with van der Waals surface area (Å²) < 4.78 is 51.2. The van der Waals surface area contributed by atoms with Crippen LogP contribution in [0.3, 0.4) is 0 Å². The van der Waals surface area contributed by atoms with E-state index in [1.807, 2.05) is 9.80 Å². The molecular weight excluding hydrogens is 629 g/mol. The summed E-state index contributed by atoms with van der Waals surface area (Å²) in [6.07, 6.45) is -2.27. The number of hydrogen-bond donors (Lipinski definition) is 2. The number of alkyl halides is 3. The predicted octanol–water partition coefficient (Wildman–Crippen LogP) is 4.97. The summed E-state index contributed by atoms with van der Waals surface area (Å²) in [5, 5.41) is 5.51. The van der Waals surface area contributed by atoms with Gasteiger partial charge in [-0.2, -0.15) is 13.2 Å². The van der Waals surface area contributed by atoms with E-state index in [0.717, 1.165) is 12.1 Å². The van der Waals surface area contributed by atoms with Crippen molar-refractivity contribution in [1.82, 2.24) is 25.5 Å². The zero-order valence-electron chi connectivity index (χ0n) is 27.3. The molecule has 2 aromatic carbocycles. The number of piperazine rings is 1. The van der Waals surface area contributed by atoms with Crippen molar-refractivity contribution >= 4 is 23.7 Å². The molecule has 2 aliphatic heterocycles. The lowest BCUT2D eigenvalue weighted by Gasteiger charge is -2.38. The van der Waals surface area contributed by atoms with E-state index in [2.05, 4.69) is 20.6 Å². The molecule has 0 radical (unpaired) electrons. The fraction of sp³-hybridized carbons (Fsp3) is 0.441. The largest absolute Gasteiger partial charge is 0.444 e. The minimum atomic E-state index is -4.55. The van der Waals surface area contributed by atoms with E-state index in [-0.39, 0.29) is 24.1 Å². The van der Waals surface area contributed by atoms with Crippen LogP contribution in [-0.4, -0.2) is 77.8 Å². The second-order valence-electron chi connectivity index (χ2n) is 12.9. The van der Waals surface area contributed by atoms with Gasteiger partial charge < -0.3 is 29.9 Å². The first kappa shape index (κ1) is 34.6. The Hall–Kier alpha value is -4.72. The summed E-state index contributed by atoms with van der Waals surface area (Å²) in [5.74, 6) is 0.144. The van der Waals surface area contributed by atoms with E-state index >= 15 is 0 Å². The number of anilines is 1. The van der Waals surface area contributed by atoms with Gasteiger partial charge in [-0.1, -0.05) is 30.3 Å². The molecule has 0 unspecified atom stereocenters. The number of ether oxygens (including phenoxy) is 2. The highest BCUT2D eigenvalue weighted by atomic mass is 19.4. The zero-order valence-corrected chi connectivity index (χ0v) is 27.3. The molecule has 14 heteroatoms. The zero-order chi connectivity index (χ0) is 34.6. The fourth-order valence-electron chi connectivity index (χ4n) is 5.37. The molecule has 0 aliphatic carbocycles. The van der Waals surface area contributed by atoms with Crippen molar-refractivity contribution in [2.45, 2.75) is 52.1 Å². The minimum Gasteiger partial charge on any atom is -0.444 e. The first-order valence-electron chi connectivity index (χ1n) is 15.7. The maximum Gasteiger partial charge on any atom is 0.416 e. The highest BCUT2D eigenvalue weighted by Gasteiger charge is 2.33. The van der Waals surface area contributed by atoms with E-state index in [1.165, 1.54) is 12.3 Å². The van der Waals surface area contributed by atoms with Gasteiger partial charge in [-0.15, -0.1) is 0 Å². The van der Waals surface area contributed by atoms with Crippen LogP contribution in [-0.2, 0) is 27.0 Å². The van der Waals surface area contributed by atoms with Crippen LogP contribution in [0.15, 0.2) is 54.9 Å². The molecule has 0 saturated carbocycles. The molecule has 3 heterocycles. The highest BCUT2D eigenvalue weighted by molar-refractivity contribution is 5.92. The van der Waals surface area contributed by atoms with Gasteiger partial charge in [0.2, 0.25) is 5.91 Å². The third-order valence-electron chi connectivity index (χ3n) is 8.09. The van der Waals surface area contributed by atoms with Crippen LogP contribution in [0.25, 0.3) is 11.1 Å². The van der Waals surface area contributed by atoms with Gasteiger partial charge in [-0.25, -0.2) is 9.78 Å². The lowest BCUT2D eigenvalue weighted by atomic mass is 9.95. The Morgan fingerprint density at radius 1 is 1.00 bits per heavy atom. The second kappa shape index (κ2) is 14.2. The molecule has 2 aliphatic rings. The van der Waals surface area contributed by atoms with E-state index < -0.39 is 35.4 Å². The Morgan fingerprint density at radius 3 is 2.29 bits per heavy atom. The van der Waals surface area contributed by atoms with Crippen LogP contribution in [0.4, 0.5) is 23.8 Å². The van der Waals surface area contributed by atoms with E-state index in [4.69, 9.17) is 9.47 Å². The lowest BCUT2D eigenvalue weighted by molar-refractivity contribution is -0.150. The maximum absolute atomic E-state index is 13.6. The number of alkyl carbamates (subject to hydrolysis) is 1. The third-order valence-corrected chi connectivity index (χ3v) is 8.09. The van der Waals surface area contributed by atoms with Gasteiger partial charge in [0.25, 0.3) is 5.91 Å². The van der Waals surface area contributed by atoms with Crippen molar-refractivity contribution < 1.29 is 37.0 Å². The molecule has 48 heavy (non-hydrogen) atoms. The Labute approximate surface area is 276 Å². The molecule has 0 spiro atoms. The number of halogens is 3. The second-order valence-corrected chi connectivity index (χ2v) is 12.9. The lowest BCUT2D eigenvalue weighted by Crippen LogP contribution is -2.53. The summed E-state index contributed by atoms with van der Waals surface area (Å²) in [5.41, 5.74) is 0.590. The number of hydrogen-bond acceptors (Lipinski definition) is 8. The quantitative estimate of drug-likeness (QED) is 0.345. The SMILES string of the molecule is C[C@@H](NC(=O)c1cncc(N2CCN(C(=O)C3COC3)CC2)n1)c1ccc(-c2cc(C(F)(F)F)ccc2CNC(=O)OC(C)(C)C)cc1. The fourth-order valence-corrected chi connectivity index (χ4v) is 5.37. The van der Waals surface area contributed by atoms with Crippen LogP contribution >= 0.6 is 0 Å². The highest BCUT2D eigenvalue weighted by Crippen LogP contribution is 2.34. The van der Waals surface area contributed by atoms with Crippen molar-refractivity contribution in [3.8, 4) is 11.1 Å². The van der Waals surface area contributed by atoms with Crippen molar-refractivity contribution in [1.29, 1.82) is 0 Å². The standard InChI is InChI=1S/C34H39F3N6O5/c1-21(40-30(44)28-17-38-18-29(41-28)42-11-13-43(14-12-42)31(45)25-19-47-20-25)22-5-7-23(8-6-22)27-15-26(34(35,36)37)10-9-24(27)16-39-32(46)48-33(2,3)4/h5-10,15,17-18,21,25H,11-14,16,19-20H2,1-4H3,(H,39,46)(H,40,44)/t21-/m1/s1. The van der Waals surface area contributed by atoms with Crippen LogP contribution in [0, 0.1) is 5.92 Å². The molecule has 2 fully saturated rings. The summed E-state index contributed by atoms with van der Waals surface area (Å²) >= 11 is 0. The van der Waals surface area contributed by atoms with Gasteiger partial charge in [-0.3, -0.25) is 14.6 Å². The van der Waals surface area contributed by atoms with E-state index in [9.17, 15) is 27.6 Å². The number of rotatable bonds is 8. The van der Waals surface area contributed by atoms with E-state index in [0.29, 0.717) is 67.5 Å². The number of amides is 3. The van der Waals surface area contributed by atoms with Crippen molar-refractivity contribution in [3.63, 3.8) is 0 Å². The molecule has 1 aromatic heterocycles. The summed E-state index contributed by atoms with van der Waals surface area (Å²) in [6, 6.07) is 9.71. The monoisotopic (exact) mass is 668 g/mol. The number of carbonyl (C=O) groups is 3. The Kier molecular flexibility index (Phi) is 10.2. The van der Waals surface area contributed by atoms with Crippen LogP contribution < -0.4 is 15.5 Å². The molecular formula is C34H39F3N6O5. The molecule has 5 rings (SSSR count). The molecule has 2 N–H and O–H groups in total. The molecule has 256 valence electrons. The predicted molar refractivity (Wildman–Crippen MR) is 171 cm³/mol. The molecule has 3 aromatic rings. The number of nitrogens with zero attached hydrogens (tertiary/aromatic N) is 4. The third kappa shape index (κ3) is 8.59. The van der Waals surface area contributed by atoms with Gasteiger partial charge in [0.15, 0.2) is 0 Å². The number of carbonyl (C=O) groups excluding carboxylic acids is 3. The summed E-state index contributed by atoms with van der Waals surface area (Å²) in [6.45, 7) is 10.0. The number of nitrogens with one attached hydrogen (secondary N) is 2. The smallest absolute Gasteiger partial charge is 0.416 e. The Morgan fingerprint density at radius 2 is 1.69 bits per heavy atom. The molecule has 3 amide bonds. The first-order valence-corrected chi connectivity index (χ1v) is 15.7. The van der Waals surface area contributed by atoms with Crippen molar-refractivity contribution in [2.24, 2.45) is 5.92 Å². The first-order chi connectivity index (χ1) is 22.7.